The zero-order valence-electron chi connectivity index (χ0n) is 11.2. The van der Waals surface area contributed by atoms with Gasteiger partial charge in [-0.1, -0.05) is 11.6 Å². The molecule has 1 aliphatic rings. The Balaban J connectivity index is 1.86. The summed E-state index contributed by atoms with van der Waals surface area (Å²) in [5.41, 5.74) is 7.97. The van der Waals surface area contributed by atoms with Gasteiger partial charge in [0.25, 0.3) is 0 Å². The van der Waals surface area contributed by atoms with Crippen LogP contribution in [0.2, 0.25) is 5.02 Å². The Morgan fingerprint density at radius 2 is 2.25 bits per heavy atom. The summed E-state index contributed by atoms with van der Waals surface area (Å²) in [6.07, 6.45) is 7.61. The molecule has 1 saturated carbocycles. The Labute approximate surface area is 123 Å². The summed E-state index contributed by atoms with van der Waals surface area (Å²) in [6.45, 7) is 0. The summed E-state index contributed by atoms with van der Waals surface area (Å²) < 4.78 is 1.74. The van der Waals surface area contributed by atoms with Crippen LogP contribution in [0.3, 0.4) is 0 Å². The molecule has 5 nitrogen and oxygen atoms in total. The second-order valence-corrected chi connectivity index (χ2v) is 5.71. The van der Waals surface area contributed by atoms with E-state index in [1.807, 2.05) is 18.2 Å². The van der Waals surface area contributed by atoms with Gasteiger partial charge in [-0.25, -0.2) is 9.67 Å². The largest absolute Gasteiger partial charge is 0.380 e. The number of halogens is 1. The first kappa shape index (κ1) is 13.4. The topological polar surface area (TPSA) is 68.8 Å². The number of anilines is 1. The third kappa shape index (κ3) is 2.94. The maximum absolute atomic E-state index is 6.11. The van der Waals surface area contributed by atoms with Crippen molar-refractivity contribution in [3.8, 4) is 5.69 Å². The van der Waals surface area contributed by atoms with E-state index < -0.39 is 0 Å². The average molecular weight is 292 g/mol. The minimum Gasteiger partial charge on any atom is -0.380 e. The van der Waals surface area contributed by atoms with E-state index in [9.17, 15) is 0 Å². The van der Waals surface area contributed by atoms with Gasteiger partial charge in [-0.15, -0.1) is 0 Å². The third-order valence-corrected chi connectivity index (χ3v) is 3.93. The molecule has 6 heteroatoms. The molecule has 2 atom stereocenters. The Kier molecular flexibility index (Phi) is 3.89. The van der Waals surface area contributed by atoms with Gasteiger partial charge in [-0.2, -0.15) is 5.10 Å². The molecule has 0 amide bonds. The SMILES string of the molecule is NC1CCCC(Nc2cc(Cl)ccc2-n2cncn2)C1. The standard InChI is InChI=1S/C14H18ClN5/c15-10-4-5-14(20-9-17-8-18-20)13(6-10)19-12-3-1-2-11(16)7-12/h4-6,8-9,11-12,19H,1-3,7,16H2. The fraction of sp³-hybridized carbons (Fsp3) is 0.429. The smallest absolute Gasteiger partial charge is 0.138 e. The van der Waals surface area contributed by atoms with Crippen molar-refractivity contribution in [2.45, 2.75) is 37.8 Å². The first-order valence-corrected chi connectivity index (χ1v) is 7.27. The van der Waals surface area contributed by atoms with E-state index in [1.165, 1.54) is 6.33 Å². The summed E-state index contributed by atoms with van der Waals surface area (Å²) in [5.74, 6) is 0. The quantitative estimate of drug-likeness (QED) is 0.912. The van der Waals surface area contributed by atoms with Gasteiger partial charge < -0.3 is 11.1 Å². The van der Waals surface area contributed by atoms with Crippen molar-refractivity contribution in [1.82, 2.24) is 14.8 Å². The van der Waals surface area contributed by atoms with Crippen LogP contribution in [0.5, 0.6) is 0 Å². The monoisotopic (exact) mass is 291 g/mol. The van der Waals surface area contributed by atoms with E-state index >= 15 is 0 Å². The number of nitrogens with one attached hydrogen (secondary N) is 1. The van der Waals surface area contributed by atoms with E-state index in [0.717, 1.165) is 37.1 Å². The lowest BCUT2D eigenvalue weighted by molar-refractivity contribution is 0.409. The highest BCUT2D eigenvalue weighted by Crippen LogP contribution is 2.27. The van der Waals surface area contributed by atoms with Gasteiger partial charge in [0.05, 0.1) is 11.4 Å². The molecule has 2 aromatic rings. The number of nitrogens with two attached hydrogens (primary N) is 1. The predicted molar refractivity (Wildman–Crippen MR) is 80.2 cm³/mol. The van der Waals surface area contributed by atoms with E-state index in [-0.39, 0.29) is 6.04 Å². The summed E-state index contributed by atoms with van der Waals surface area (Å²) in [7, 11) is 0. The second kappa shape index (κ2) is 5.81. The first-order chi connectivity index (χ1) is 9.72. The van der Waals surface area contributed by atoms with Gasteiger partial charge in [0.2, 0.25) is 0 Å². The van der Waals surface area contributed by atoms with Crippen LogP contribution in [0.1, 0.15) is 25.7 Å². The molecule has 20 heavy (non-hydrogen) atoms. The van der Waals surface area contributed by atoms with Crippen LogP contribution in [0, 0.1) is 0 Å². The molecule has 1 aromatic heterocycles. The van der Waals surface area contributed by atoms with Gasteiger partial charge in [-0.3, -0.25) is 0 Å². The number of hydrogen-bond donors (Lipinski definition) is 2. The minimum atomic E-state index is 0.287. The van der Waals surface area contributed by atoms with Crippen LogP contribution < -0.4 is 11.1 Å². The van der Waals surface area contributed by atoms with E-state index in [1.54, 1.807) is 11.0 Å². The molecule has 1 fully saturated rings. The normalized spacial score (nSPS) is 22.7. The molecular formula is C14H18ClN5. The van der Waals surface area contributed by atoms with Crippen molar-refractivity contribution in [3.05, 3.63) is 35.9 Å². The highest BCUT2D eigenvalue weighted by atomic mass is 35.5. The molecule has 2 unspecified atom stereocenters. The van der Waals surface area contributed by atoms with Gasteiger partial charge in [0, 0.05) is 17.1 Å². The minimum absolute atomic E-state index is 0.287. The van der Waals surface area contributed by atoms with Crippen LogP contribution in [0.25, 0.3) is 5.69 Å². The summed E-state index contributed by atoms with van der Waals surface area (Å²) in [6, 6.07) is 6.41. The Morgan fingerprint density at radius 3 is 3.00 bits per heavy atom. The summed E-state index contributed by atoms with van der Waals surface area (Å²) in [4.78, 5) is 3.99. The lowest BCUT2D eigenvalue weighted by atomic mass is 9.91. The van der Waals surface area contributed by atoms with Crippen LogP contribution >= 0.6 is 11.6 Å². The van der Waals surface area contributed by atoms with Crippen molar-refractivity contribution in [1.29, 1.82) is 0 Å². The molecule has 0 radical (unpaired) electrons. The van der Waals surface area contributed by atoms with Gasteiger partial charge in [0.1, 0.15) is 12.7 Å². The van der Waals surface area contributed by atoms with Crippen molar-refractivity contribution in [2.24, 2.45) is 5.73 Å². The number of aromatic nitrogens is 3. The van der Waals surface area contributed by atoms with Gasteiger partial charge in [0.15, 0.2) is 0 Å². The average Bonchev–Trinajstić information content (AvgIpc) is 2.93. The van der Waals surface area contributed by atoms with Crippen molar-refractivity contribution >= 4 is 17.3 Å². The van der Waals surface area contributed by atoms with Crippen molar-refractivity contribution in [3.63, 3.8) is 0 Å². The van der Waals surface area contributed by atoms with Gasteiger partial charge in [-0.05, 0) is 43.9 Å². The highest BCUT2D eigenvalue weighted by molar-refractivity contribution is 6.31. The molecule has 106 valence electrons. The van der Waals surface area contributed by atoms with Crippen LogP contribution in [-0.4, -0.2) is 26.8 Å². The second-order valence-electron chi connectivity index (χ2n) is 5.27. The lowest BCUT2D eigenvalue weighted by Gasteiger charge is -2.29. The molecule has 1 aliphatic carbocycles. The van der Waals surface area contributed by atoms with Gasteiger partial charge >= 0.3 is 0 Å². The number of nitrogens with zero attached hydrogens (tertiary/aromatic N) is 3. The van der Waals surface area contributed by atoms with Crippen molar-refractivity contribution < 1.29 is 0 Å². The number of hydrogen-bond acceptors (Lipinski definition) is 4. The zero-order valence-corrected chi connectivity index (χ0v) is 11.9. The Hall–Kier alpha value is -1.59. The van der Waals surface area contributed by atoms with Crippen LogP contribution in [0.4, 0.5) is 5.69 Å². The van der Waals surface area contributed by atoms with Crippen molar-refractivity contribution in [2.75, 3.05) is 5.32 Å². The molecule has 0 aliphatic heterocycles. The molecule has 0 bridgehead atoms. The summed E-state index contributed by atoms with van der Waals surface area (Å²) >= 11 is 6.11. The Morgan fingerprint density at radius 1 is 1.35 bits per heavy atom. The van der Waals surface area contributed by atoms with E-state index in [0.29, 0.717) is 11.1 Å². The fourth-order valence-corrected chi connectivity index (χ4v) is 2.91. The molecule has 0 saturated heterocycles. The molecule has 0 spiro atoms. The molecule has 3 N–H and O–H groups in total. The molecule has 1 heterocycles. The van der Waals surface area contributed by atoms with E-state index in [2.05, 4.69) is 15.4 Å². The molecular weight excluding hydrogens is 274 g/mol. The zero-order chi connectivity index (χ0) is 13.9. The maximum Gasteiger partial charge on any atom is 0.138 e. The summed E-state index contributed by atoms with van der Waals surface area (Å²) in [5, 5.41) is 8.44. The predicted octanol–water partition coefficient (Wildman–Crippen LogP) is 2.60. The van der Waals surface area contributed by atoms with E-state index in [4.69, 9.17) is 17.3 Å². The number of rotatable bonds is 3. The lowest BCUT2D eigenvalue weighted by Crippen LogP contribution is -2.35. The fourth-order valence-electron chi connectivity index (χ4n) is 2.73. The molecule has 3 rings (SSSR count). The molecule has 1 aromatic carbocycles. The van der Waals surface area contributed by atoms with Crippen LogP contribution in [-0.2, 0) is 0 Å². The third-order valence-electron chi connectivity index (χ3n) is 3.70. The Bertz CT molecular complexity index is 569. The first-order valence-electron chi connectivity index (χ1n) is 6.89. The maximum atomic E-state index is 6.11. The highest BCUT2D eigenvalue weighted by Gasteiger charge is 2.20. The number of benzene rings is 1. The van der Waals surface area contributed by atoms with Crippen LogP contribution in [0.15, 0.2) is 30.9 Å².